The monoisotopic (exact) mass is 246 g/mol. The Labute approximate surface area is 97.5 Å². The number of hydrogen-bond donors (Lipinski definition) is 1. The molecular formula is C11H11ClF2NO. The molecule has 1 N–H and O–H groups in total. The van der Waals surface area contributed by atoms with E-state index in [-0.39, 0.29) is 17.1 Å². The summed E-state index contributed by atoms with van der Waals surface area (Å²) in [6.07, 6.45) is 0.682. The molecule has 5 heteroatoms. The lowest BCUT2D eigenvalue weighted by atomic mass is 10.1. The van der Waals surface area contributed by atoms with Gasteiger partial charge in [0.2, 0.25) is 0 Å². The predicted molar refractivity (Wildman–Crippen MR) is 58.3 cm³/mol. The van der Waals surface area contributed by atoms with E-state index in [4.69, 9.17) is 16.3 Å². The minimum Gasteiger partial charge on any atom is -0.378 e. The highest BCUT2D eigenvalue weighted by molar-refractivity contribution is 6.22. The van der Waals surface area contributed by atoms with E-state index in [0.29, 0.717) is 13.0 Å². The van der Waals surface area contributed by atoms with Crippen LogP contribution >= 0.6 is 11.6 Å². The smallest absolute Gasteiger partial charge is 0.149 e. The van der Waals surface area contributed by atoms with Crippen molar-refractivity contribution in [3.8, 4) is 0 Å². The average molecular weight is 247 g/mol. The van der Waals surface area contributed by atoms with Gasteiger partial charge in [-0.05, 0) is 18.6 Å². The maximum atomic E-state index is 13.3. The topological polar surface area (TPSA) is 21.3 Å². The number of anilines is 1. The predicted octanol–water partition coefficient (Wildman–Crippen LogP) is 2.93. The van der Waals surface area contributed by atoms with Gasteiger partial charge in [0, 0.05) is 18.7 Å². The lowest BCUT2D eigenvalue weighted by molar-refractivity contribution is 0.151. The Bertz CT molecular complexity index is 375. The van der Waals surface area contributed by atoms with E-state index in [0.717, 1.165) is 6.07 Å². The van der Waals surface area contributed by atoms with Crippen molar-refractivity contribution >= 4 is 17.3 Å². The Hall–Kier alpha value is -0.870. The summed E-state index contributed by atoms with van der Waals surface area (Å²) >= 11 is 5.98. The van der Waals surface area contributed by atoms with Crippen LogP contribution in [0.15, 0.2) is 18.2 Å². The van der Waals surface area contributed by atoms with Gasteiger partial charge in [-0.1, -0.05) is 0 Å². The van der Waals surface area contributed by atoms with E-state index in [1.165, 1.54) is 18.7 Å². The van der Waals surface area contributed by atoms with Crippen LogP contribution in [0, 0.1) is 18.2 Å². The van der Waals surface area contributed by atoms with Crippen molar-refractivity contribution in [2.24, 2.45) is 0 Å². The Morgan fingerprint density at radius 2 is 2.19 bits per heavy atom. The van der Waals surface area contributed by atoms with Gasteiger partial charge < -0.3 is 10.1 Å². The van der Waals surface area contributed by atoms with E-state index in [9.17, 15) is 8.78 Å². The van der Waals surface area contributed by atoms with Crippen molar-refractivity contribution in [1.29, 1.82) is 0 Å². The lowest BCUT2D eigenvalue weighted by Crippen LogP contribution is -2.36. The van der Waals surface area contributed by atoms with Crippen LogP contribution in [0.25, 0.3) is 0 Å². The molecule has 1 aliphatic rings. The molecule has 0 aromatic heterocycles. The zero-order valence-corrected chi connectivity index (χ0v) is 9.18. The minimum atomic E-state index is -0.615. The molecule has 2 atom stereocenters. The van der Waals surface area contributed by atoms with Crippen molar-refractivity contribution in [3.05, 3.63) is 36.4 Å². The zero-order chi connectivity index (χ0) is 11.5. The number of nitrogens with one attached hydrogen (secondary N) is 1. The van der Waals surface area contributed by atoms with Crippen LogP contribution in [0.2, 0.25) is 0 Å². The first-order valence-electron chi connectivity index (χ1n) is 4.97. The second-order valence-electron chi connectivity index (χ2n) is 3.61. The van der Waals surface area contributed by atoms with Crippen molar-refractivity contribution in [2.75, 3.05) is 11.9 Å². The first-order valence-corrected chi connectivity index (χ1v) is 5.41. The molecule has 0 spiro atoms. The van der Waals surface area contributed by atoms with E-state index in [2.05, 4.69) is 5.32 Å². The Kier molecular flexibility index (Phi) is 3.61. The third-order valence-corrected chi connectivity index (χ3v) is 2.84. The van der Waals surface area contributed by atoms with Crippen molar-refractivity contribution in [1.82, 2.24) is 0 Å². The summed E-state index contributed by atoms with van der Waals surface area (Å²) in [5.41, 5.74) is 0.257. The fraction of sp³-hybridized carbons (Fsp3) is 0.364. The maximum absolute atomic E-state index is 13.3. The van der Waals surface area contributed by atoms with Crippen molar-refractivity contribution in [2.45, 2.75) is 17.8 Å². The molecule has 0 aliphatic carbocycles. The van der Waals surface area contributed by atoms with Crippen LogP contribution in [-0.4, -0.2) is 18.0 Å². The van der Waals surface area contributed by atoms with Crippen molar-refractivity contribution in [3.63, 3.8) is 0 Å². The van der Waals surface area contributed by atoms with E-state index < -0.39 is 11.6 Å². The second kappa shape index (κ2) is 4.97. The molecule has 2 unspecified atom stereocenters. The molecule has 16 heavy (non-hydrogen) atoms. The van der Waals surface area contributed by atoms with E-state index >= 15 is 0 Å². The van der Waals surface area contributed by atoms with E-state index in [1.807, 2.05) is 0 Å². The number of alkyl halides is 1. The fourth-order valence-electron chi connectivity index (χ4n) is 1.57. The second-order valence-corrected chi connectivity index (χ2v) is 4.12. The molecule has 2 nitrogen and oxygen atoms in total. The van der Waals surface area contributed by atoms with Crippen LogP contribution in [0.4, 0.5) is 14.5 Å². The molecule has 1 saturated heterocycles. The molecule has 1 aromatic carbocycles. The van der Waals surface area contributed by atoms with Gasteiger partial charge in [-0.15, -0.1) is 11.6 Å². The Morgan fingerprint density at radius 1 is 1.38 bits per heavy atom. The first kappa shape index (κ1) is 11.6. The Morgan fingerprint density at radius 3 is 2.88 bits per heavy atom. The van der Waals surface area contributed by atoms with Gasteiger partial charge in [0.25, 0.3) is 0 Å². The van der Waals surface area contributed by atoms with E-state index in [1.54, 1.807) is 0 Å². The summed E-state index contributed by atoms with van der Waals surface area (Å²) in [6.45, 7) is 2.06. The highest BCUT2D eigenvalue weighted by Gasteiger charge is 2.24. The molecular weight excluding hydrogens is 236 g/mol. The van der Waals surface area contributed by atoms with Crippen LogP contribution < -0.4 is 5.32 Å². The standard InChI is InChI=1S/C11H11ClF2NO/c12-8-6-16-4-3-10(8)15-11-2-1-7(13)5-9(11)14/h1-2,5-6,8,10,15H,3-4H2. The number of benzene rings is 1. The summed E-state index contributed by atoms with van der Waals surface area (Å²) in [6, 6.07) is 3.31. The summed E-state index contributed by atoms with van der Waals surface area (Å²) < 4.78 is 31.1. The Balaban J connectivity index is 2.07. The highest BCUT2D eigenvalue weighted by atomic mass is 35.5. The van der Waals surface area contributed by atoms with Crippen molar-refractivity contribution < 1.29 is 13.5 Å². The summed E-state index contributed by atoms with van der Waals surface area (Å²) in [5, 5.41) is 2.62. The third-order valence-electron chi connectivity index (χ3n) is 2.43. The largest absolute Gasteiger partial charge is 0.378 e. The lowest BCUT2D eigenvalue weighted by Gasteiger charge is -2.28. The number of halogens is 3. The molecule has 0 bridgehead atoms. The molecule has 1 heterocycles. The molecule has 0 amide bonds. The minimum absolute atomic E-state index is 0.102. The van der Waals surface area contributed by atoms with Crippen LogP contribution in [-0.2, 0) is 4.74 Å². The van der Waals surface area contributed by atoms with Gasteiger partial charge >= 0.3 is 0 Å². The average Bonchev–Trinajstić information content (AvgIpc) is 2.25. The maximum Gasteiger partial charge on any atom is 0.149 e. The zero-order valence-electron chi connectivity index (χ0n) is 8.42. The SMILES string of the molecule is Fc1ccc(NC2CCO[CH]C2Cl)c(F)c1. The normalized spacial score (nSPS) is 25.4. The summed E-state index contributed by atoms with van der Waals surface area (Å²) in [5.74, 6) is -1.21. The number of ether oxygens (including phenoxy) is 1. The first-order chi connectivity index (χ1) is 7.66. The third kappa shape index (κ3) is 2.62. The van der Waals surface area contributed by atoms with Gasteiger partial charge in [0.05, 0.1) is 11.1 Å². The molecule has 87 valence electrons. The molecule has 0 saturated carbocycles. The number of rotatable bonds is 2. The van der Waals surface area contributed by atoms with Gasteiger partial charge in [-0.3, -0.25) is 0 Å². The van der Waals surface area contributed by atoms with Crippen LogP contribution in [0.5, 0.6) is 0 Å². The summed E-state index contributed by atoms with van der Waals surface area (Å²) in [7, 11) is 0. The molecule has 1 aromatic rings. The van der Waals surface area contributed by atoms with Crippen LogP contribution in [0.3, 0.4) is 0 Å². The van der Waals surface area contributed by atoms with Gasteiger partial charge in [0.15, 0.2) is 0 Å². The molecule has 1 fully saturated rings. The number of hydrogen-bond acceptors (Lipinski definition) is 2. The highest BCUT2D eigenvalue weighted by Crippen LogP contribution is 2.23. The molecule has 1 radical (unpaired) electrons. The van der Waals surface area contributed by atoms with Gasteiger partial charge in [-0.25, -0.2) is 8.78 Å². The van der Waals surface area contributed by atoms with Gasteiger partial charge in [0.1, 0.15) is 18.2 Å². The molecule has 2 rings (SSSR count). The fourth-order valence-corrected chi connectivity index (χ4v) is 1.83. The van der Waals surface area contributed by atoms with Crippen LogP contribution in [0.1, 0.15) is 6.42 Å². The molecule has 1 aliphatic heterocycles. The van der Waals surface area contributed by atoms with Gasteiger partial charge in [-0.2, -0.15) is 0 Å². The quantitative estimate of drug-likeness (QED) is 0.810. The summed E-state index contributed by atoms with van der Waals surface area (Å²) in [4.78, 5) is 0.